The molecule has 1 aromatic rings. The summed E-state index contributed by atoms with van der Waals surface area (Å²) < 4.78 is 0. The molecule has 3 rings (SSSR count). The Morgan fingerprint density at radius 1 is 1.24 bits per heavy atom. The summed E-state index contributed by atoms with van der Waals surface area (Å²) in [7, 11) is 0. The minimum absolute atomic E-state index is 0.0299. The Hall–Kier alpha value is -1.84. The molecule has 1 aliphatic carbocycles. The molecule has 1 saturated heterocycles. The fourth-order valence-corrected chi connectivity index (χ4v) is 3.30. The van der Waals surface area contributed by atoms with Gasteiger partial charge in [0.1, 0.15) is 6.04 Å². The van der Waals surface area contributed by atoms with Crippen molar-refractivity contribution in [2.75, 3.05) is 6.54 Å². The zero-order valence-corrected chi connectivity index (χ0v) is 12.4. The number of amides is 2. The number of carbonyl (C=O) groups excluding carboxylic acids is 2. The second kappa shape index (κ2) is 5.88. The lowest BCUT2D eigenvalue weighted by atomic mass is 10.0. The van der Waals surface area contributed by atoms with Gasteiger partial charge in [0, 0.05) is 12.5 Å². The average Bonchev–Trinajstić information content (AvgIpc) is 3.23. The molecule has 2 fully saturated rings. The number of benzene rings is 1. The van der Waals surface area contributed by atoms with Crippen molar-refractivity contribution in [1.29, 1.82) is 0 Å². The standard InChI is InChI=1S/C17H22N2O2/c1-2-6-13-10-15(13)19-11-16(20)18-14(17(19)21)9-12-7-4-3-5-8-12/h3-5,7-8,13-15H,2,6,9-11H2,1H3,(H,18,20). The molecule has 21 heavy (non-hydrogen) atoms. The quantitative estimate of drug-likeness (QED) is 0.896. The first kappa shape index (κ1) is 14.1. The molecule has 0 radical (unpaired) electrons. The van der Waals surface area contributed by atoms with Gasteiger partial charge in [0.2, 0.25) is 11.8 Å². The van der Waals surface area contributed by atoms with Gasteiger partial charge in [-0.15, -0.1) is 0 Å². The van der Waals surface area contributed by atoms with Crippen molar-refractivity contribution in [2.24, 2.45) is 5.92 Å². The summed E-state index contributed by atoms with van der Waals surface area (Å²) in [5.74, 6) is 0.655. The molecule has 112 valence electrons. The molecule has 1 aliphatic heterocycles. The maximum absolute atomic E-state index is 12.6. The molecule has 1 heterocycles. The fourth-order valence-electron chi connectivity index (χ4n) is 3.30. The monoisotopic (exact) mass is 286 g/mol. The fraction of sp³-hybridized carbons (Fsp3) is 0.529. The van der Waals surface area contributed by atoms with Crippen LogP contribution in [0.25, 0.3) is 0 Å². The van der Waals surface area contributed by atoms with E-state index in [1.165, 1.54) is 0 Å². The third-order valence-electron chi connectivity index (χ3n) is 4.46. The van der Waals surface area contributed by atoms with Gasteiger partial charge in [-0.3, -0.25) is 9.59 Å². The highest BCUT2D eigenvalue weighted by Gasteiger charge is 2.47. The van der Waals surface area contributed by atoms with Gasteiger partial charge in [-0.2, -0.15) is 0 Å². The van der Waals surface area contributed by atoms with Crippen LogP contribution in [0.4, 0.5) is 0 Å². The Morgan fingerprint density at radius 2 is 2.00 bits per heavy atom. The maximum atomic E-state index is 12.6. The molecule has 4 heteroatoms. The molecule has 3 atom stereocenters. The summed E-state index contributed by atoms with van der Waals surface area (Å²) in [4.78, 5) is 26.3. The summed E-state index contributed by atoms with van der Waals surface area (Å²) in [5, 5.41) is 2.84. The van der Waals surface area contributed by atoms with Gasteiger partial charge in [-0.1, -0.05) is 43.7 Å². The molecule has 3 unspecified atom stereocenters. The third-order valence-corrected chi connectivity index (χ3v) is 4.46. The normalized spacial score (nSPS) is 28.4. The van der Waals surface area contributed by atoms with Crippen LogP contribution in [0.3, 0.4) is 0 Å². The van der Waals surface area contributed by atoms with E-state index in [4.69, 9.17) is 0 Å². The van der Waals surface area contributed by atoms with Crippen molar-refractivity contribution in [3.63, 3.8) is 0 Å². The van der Waals surface area contributed by atoms with Gasteiger partial charge in [-0.05, 0) is 24.3 Å². The van der Waals surface area contributed by atoms with Crippen LogP contribution in [0.5, 0.6) is 0 Å². The second-order valence-corrected chi connectivity index (χ2v) is 6.13. The van der Waals surface area contributed by atoms with Gasteiger partial charge in [0.05, 0.1) is 6.54 Å². The lowest BCUT2D eigenvalue weighted by Crippen LogP contribution is -2.59. The summed E-state index contributed by atoms with van der Waals surface area (Å²) in [6, 6.07) is 9.75. The Labute approximate surface area is 125 Å². The molecular formula is C17H22N2O2. The summed E-state index contributed by atoms with van der Waals surface area (Å²) in [6.45, 7) is 2.40. The van der Waals surface area contributed by atoms with Crippen LogP contribution in [-0.4, -0.2) is 35.3 Å². The van der Waals surface area contributed by atoms with E-state index in [1.807, 2.05) is 35.2 Å². The van der Waals surface area contributed by atoms with Crippen molar-refractivity contribution in [3.05, 3.63) is 35.9 Å². The van der Waals surface area contributed by atoms with E-state index in [0.29, 0.717) is 18.4 Å². The van der Waals surface area contributed by atoms with Crippen LogP contribution in [0.2, 0.25) is 0 Å². The average molecular weight is 286 g/mol. The zero-order valence-electron chi connectivity index (χ0n) is 12.4. The van der Waals surface area contributed by atoms with E-state index in [1.54, 1.807) is 0 Å². The van der Waals surface area contributed by atoms with Crippen LogP contribution in [0.1, 0.15) is 31.7 Å². The molecule has 0 aromatic heterocycles. The largest absolute Gasteiger partial charge is 0.342 e. The van der Waals surface area contributed by atoms with E-state index in [0.717, 1.165) is 24.8 Å². The Balaban J connectivity index is 1.68. The van der Waals surface area contributed by atoms with E-state index in [2.05, 4.69) is 12.2 Å². The smallest absolute Gasteiger partial charge is 0.246 e. The molecule has 1 N–H and O–H groups in total. The summed E-state index contributed by atoms with van der Waals surface area (Å²) in [5.41, 5.74) is 1.08. The minimum atomic E-state index is -0.406. The molecule has 4 nitrogen and oxygen atoms in total. The number of piperazine rings is 1. The highest BCUT2D eigenvalue weighted by Crippen LogP contribution is 2.40. The number of hydrogen-bond donors (Lipinski definition) is 1. The van der Waals surface area contributed by atoms with Crippen LogP contribution in [-0.2, 0) is 16.0 Å². The Kier molecular flexibility index (Phi) is 3.95. The predicted molar refractivity (Wildman–Crippen MR) is 80.6 cm³/mol. The SMILES string of the molecule is CCCC1CC1N1CC(=O)NC(Cc2ccccc2)C1=O. The van der Waals surface area contributed by atoms with Crippen molar-refractivity contribution in [1.82, 2.24) is 10.2 Å². The molecule has 0 bridgehead atoms. The maximum Gasteiger partial charge on any atom is 0.246 e. The first-order chi connectivity index (χ1) is 10.2. The zero-order chi connectivity index (χ0) is 14.8. The van der Waals surface area contributed by atoms with E-state index >= 15 is 0 Å². The van der Waals surface area contributed by atoms with Crippen LogP contribution < -0.4 is 5.32 Å². The van der Waals surface area contributed by atoms with Gasteiger partial charge in [-0.25, -0.2) is 0 Å². The minimum Gasteiger partial charge on any atom is -0.342 e. The first-order valence-electron chi connectivity index (χ1n) is 7.82. The molecule has 1 saturated carbocycles. The van der Waals surface area contributed by atoms with Crippen molar-refractivity contribution in [2.45, 2.75) is 44.7 Å². The number of hydrogen-bond acceptors (Lipinski definition) is 2. The number of nitrogens with zero attached hydrogens (tertiary/aromatic N) is 1. The highest BCUT2D eigenvalue weighted by molar-refractivity contribution is 5.95. The predicted octanol–water partition coefficient (Wildman–Crippen LogP) is 1.74. The number of rotatable bonds is 5. The second-order valence-electron chi connectivity index (χ2n) is 6.13. The highest BCUT2D eigenvalue weighted by atomic mass is 16.2. The summed E-state index contributed by atoms with van der Waals surface area (Å²) >= 11 is 0. The van der Waals surface area contributed by atoms with Gasteiger partial charge >= 0.3 is 0 Å². The molecule has 2 aliphatic rings. The van der Waals surface area contributed by atoms with Gasteiger partial charge < -0.3 is 10.2 Å². The lowest BCUT2D eigenvalue weighted by molar-refractivity contribution is -0.145. The summed E-state index contributed by atoms with van der Waals surface area (Å²) in [6.07, 6.45) is 3.93. The third kappa shape index (κ3) is 3.09. The van der Waals surface area contributed by atoms with Crippen LogP contribution in [0, 0.1) is 5.92 Å². The van der Waals surface area contributed by atoms with Gasteiger partial charge in [0.15, 0.2) is 0 Å². The number of carbonyl (C=O) groups is 2. The topological polar surface area (TPSA) is 49.4 Å². The first-order valence-corrected chi connectivity index (χ1v) is 7.82. The van der Waals surface area contributed by atoms with Crippen LogP contribution in [0.15, 0.2) is 30.3 Å². The van der Waals surface area contributed by atoms with E-state index in [9.17, 15) is 9.59 Å². The van der Waals surface area contributed by atoms with Gasteiger partial charge in [0.25, 0.3) is 0 Å². The van der Waals surface area contributed by atoms with Crippen molar-refractivity contribution >= 4 is 11.8 Å². The molecule has 0 spiro atoms. The molecule has 2 amide bonds. The van der Waals surface area contributed by atoms with Crippen molar-refractivity contribution in [3.8, 4) is 0 Å². The van der Waals surface area contributed by atoms with Crippen molar-refractivity contribution < 1.29 is 9.59 Å². The number of nitrogens with one attached hydrogen (secondary N) is 1. The Morgan fingerprint density at radius 3 is 2.71 bits per heavy atom. The van der Waals surface area contributed by atoms with E-state index < -0.39 is 6.04 Å². The lowest BCUT2D eigenvalue weighted by Gasteiger charge is -2.33. The Bertz CT molecular complexity index is 529. The molecule has 1 aromatic carbocycles. The van der Waals surface area contributed by atoms with E-state index in [-0.39, 0.29) is 18.4 Å². The molecular weight excluding hydrogens is 264 g/mol. The van der Waals surface area contributed by atoms with Crippen LogP contribution >= 0.6 is 0 Å².